The van der Waals surface area contributed by atoms with E-state index in [4.69, 9.17) is 0 Å². The summed E-state index contributed by atoms with van der Waals surface area (Å²) in [6, 6.07) is 26.4. The largest absolute Gasteiger partial charge is 0.508 e. The van der Waals surface area contributed by atoms with Gasteiger partial charge in [-0.05, 0) is 73.2 Å². The molecule has 2 aliphatic rings. The molecule has 6 nitrogen and oxygen atoms in total. The van der Waals surface area contributed by atoms with Crippen molar-refractivity contribution in [1.82, 2.24) is 15.1 Å². The lowest BCUT2D eigenvalue weighted by Crippen LogP contribution is -2.60. The topological polar surface area (TPSA) is 59.0 Å². The highest BCUT2D eigenvalue weighted by Crippen LogP contribution is 2.30. The molecule has 5 rings (SSSR count). The normalized spacial score (nSPS) is 18.5. The van der Waals surface area contributed by atoms with Crippen LogP contribution in [0.25, 0.3) is 0 Å². The molecule has 1 saturated heterocycles. The van der Waals surface area contributed by atoms with Gasteiger partial charge in [-0.15, -0.1) is 0 Å². The molecule has 1 aliphatic heterocycles. The average Bonchev–Trinajstić information content (AvgIpc) is 2.99. The van der Waals surface area contributed by atoms with Gasteiger partial charge in [-0.3, -0.25) is 14.6 Å². The molecule has 1 heterocycles. The Bertz CT molecular complexity index is 1190. The van der Waals surface area contributed by atoms with Gasteiger partial charge in [0.25, 0.3) is 5.91 Å². The van der Waals surface area contributed by atoms with Gasteiger partial charge in [0.1, 0.15) is 5.75 Å². The summed E-state index contributed by atoms with van der Waals surface area (Å²) < 4.78 is 0. The summed E-state index contributed by atoms with van der Waals surface area (Å²) >= 11 is 0. The number of nitrogens with zero attached hydrogens (tertiary/aromatic N) is 3. The molecule has 2 unspecified atom stereocenters. The zero-order valence-corrected chi connectivity index (χ0v) is 23.1. The number of carbonyl (C=O) groups excluding carboxylic acids is 1. The number of aryl methyl sites for hydroxylation is 1. The maximum atomic E-state index is 12.8. The van der Waals surface area contributed by atoms with E-state index in [2.05, 4.69) is 63.3 Å². The Morgan fingerprint density at radius 3 is 2.41 bits per heavy atom. The first-order chi connectivity index (χ1) is 19.1. The van der Waals surface area contributed by atoms with Gasteiger partial charge in [-0.25, -0.2) is 0 Å². The minimum absolute atomic E-state index is 0.0158. The van der Waals surface area contributed by atoms with Crippen LogP contribution in [0.2, 0.25) is 0 Å². The molecule has 2 atom stereocenters. The van der Waals surface area contributed by atoms with E-state index in [0.29, 0.717) is 30.1 Å². The number of para-hydroxylation sites is 1. The number of hydrogen-bond acceptors (Lipinski definition) is 5. The van der Waals surface area contributed by atoms with E-state index in [1.54, 1.807) is 0 Å². The van der Waals surface area contributed by atoms with Crippen molar-refractivity contribution in [1.29, 1.82) is 0 Å². The molecule has 39 heavy (non-hydrogen) atoms. The number of carbonyl (C=O) groups is 1. The van der Waals surface area contributed by atoms with Gasteiger partial charge in [0.2, 0.25) is 0 Å². The third kappa shape index (κ3) is 6.81. The Kier molecular flexibility index (Phi) is 9.17. The Hall–Kier alpha value is -3.35. The summed E-state index contributed by atoms with van der Waals surface area (Å²) in [5.41, 5.74) is 4.61. The first-order valence-corrected chi connectivity index (χ1v) is 14.6. The van der Waals surface area contributed by atoms with Gasteiger partial charge < -0.3 is 15.3 Å². The summed E-state index contributed by atoms with van der Waals surface area (Å²) in [4.78, 5) is 20.6. The lowest BCUT2D eigenvalue weighted by Gasteiger charge is -2.48. The Balaban J connectivity index is 1.31. The number of phenolic OH excluding ortho intramolecular Hbond substituents is 1. The predicted molar refractivity (Wildman–Crippen MR) is 158 cm³/mol. The lowest BCUT2D eigenvalue weighted by atomic mass is 9.86. The number of rotatable bonds is 10. The second-order valence-corrected chi connectivity index (χ2v) is 10.8. The number of benzene rings is 3. The van der Waals surface area contributed by atoms with Gasteiger partial charge in [0.05, 0.1) is 6.17 Å². The predicted octanol–water partition coefficient (Wildman–Crippen LogP) is 4.93. The van der Waals surface area contributed by atoms with Gasteiger partial charge in [0, 0.05) is 56.6 Å². The maximum Gasteiger partial charge on any atom is 0.251 e. The van der Waals surface area contributed by atoms with Crippen molar-refractivity contribution < 1.29 is 9.90 Å². The molecule has 0 bridgehead atoms. The molecular formula is C33H42N4O2. The number of aromatic hydroxyl groups is 1. The molecule has 0 radical (unpaired) electrons. The fourth-order valence-corrected chi connectivity index (χ4v) is 6.31. The monoisotopic (exact) mass is 526 g/mol. The Morgan fingerprint density at radius 1 is 0.974 bits per heavy atom. The van der Waals surface area contributed by atoms with Crippen LogP contribution in [0.15, 0.2) is 78.9 Å². The highest BCUT2D eigenvalue weighted by Gasteiger charge is 2.34. The number of amides is 1. The summed E-state index contributed by atoms with van der Waals surface area (Å²) in [6.07, 6.45) is 5.58. The number of phenols is 1. The minimum atomic E-state index is -0.0158. The van der Waals surface area contributed by atoms with Crippen molar-refractivity contribution in [2.75, 3.05) is 44.2 Å². The van der Waals surface area contributed by atoms with Crippen molar-refractivity contribution in [3.8, 4) is 5.75 Å². The van der Waals surface area contributed by atoms with Gasteiger partial charge >= 0.3 is 0 Å². The smallest absolute Gasteiger partial charge is 0.251 e. The molecular weight excluding hydrogens is 484 g/mol. The zero-order valence-electron chi connectivity index (χ0n) is 23.1. The van der Waals surface area contributed by atoms with Crippen LogP contribution >= 0.6 is 0 Å². The van der Waals surface area contributed by atoms with E-state index in [1.165, 1.54) is 16.8 Å². The molecule has 3 aromatic carbocycles. The second kappa shape index (κ2) is 13.1. The first-order valence-electron chi connectivity index (χ1n) is 14.6. The number of fused-ring (bicyclic) bond motifs is 1. The van der Waals surface area contributed by atoms with Crippen LogP contribution < -0.4 is 10.2 Å². The molecule has 0 aromatic heterocycles. The first kappa shape index (κ1) is 27.2. The number of hydrogen-bond donors (Lipinski definition) is 2. The number of anilines is 1. The molecule has 0 spiro atoms. The van der Waals surface area contributed by atoms with Crippen LogP contribution in [0.3, 0.4) is 0 Å². The fraction of sp³-hybridized carbons (Fsp3) is 0.424. The van der Waals surface area contributed by atoms with E-state index < -0.39 is 0 Å². The summed E-state index contributed by atoms with van der Waals surface area (Å²) in [5.74, 6) is 0.330. The molecule has 206 valence electrons. The van der Waals surface area contributed by atoms with Crippen molar-refractivity contribution in [2.24, 2.45) is 0 Å². The Morgan fingerprint density at radius 2 is 1.69 bits per heavy atom. The quantitative estimate of drug-likeness (QED) is 0.392. The van der Waals surface area contributed by atoms with Crippen LogP contribution in [0.5, 0.6) is 5.75 Å². The third-order valence-corrected chi connectivity index (χ3v) is 8.34. The number of piperazine rings is 1. The number of nitrogens with one attached hydrogen (secondary N) is 1. The molecule has 2 N–H and O–H groups in total. The summed E-state index contributed by atoms with van der Waals surface area (Å²) in [6.45, 7) is 7.78. The van der Waals surface area contributed by atoms with Crippen LogP contribution in [-0.4, -0.2) is 72.3 Å². The molecule has 3 aromatic rings. The van der Waals surface area contributed by atoms with E-state index in [9.17, 15) is 9.90 Å². The van der Waals surface area contributed by atoms with E-state index in [-0.39, 0.29) is 5.91 Å². The molecule has 6 heteroatoms. The highest BCUT2D eigenvalue weighted by atomic mass is 16.3. The Labute approximate surface area is 233 Å². The van der Waals surface area contributed by atoms with Crippen LogP contribution in [0.1, 0.15) is 47.7 Å². The molecule has 1 aliphatic carbocycles. The fourth-order valence-electron chi connectivity index (χ4n) is 6.31. The maximum absolute atomic E-state index is 12.8. The standard InChI is InChI=1S/C33H42N4O2/c1-2-9-32(36-22-20-35(21-23-36)29-12-7-4-8-13-29)37(19-18-34-33(39)27-10-5-3-6-11-27)30-16-14-26-15-17-31(38)25-28(26)24-30/h3-8,10-13,15,17,25,30,32,38H,2,9,14,16,18-24H2,1H3,(H,34,39). The van der Waals surface area contributed by atoms with Crippen LogP contribution in [0.4, 0.5) is 5.69 Å². The zero-order chi connectivity index (χ0) is 27.0. The average molecular weight is 527 g/mol. The van der Waals surface area contributed by atoms with Crippen LogP contribution in [-0.2, 0) is 12.8 Å². The van der Waals surface area contributed by atoms with Gasteiger partial charge in [0.15, 0.2) is 0 Å². The van der Waals surface area contributed by atoms with Crippen LogP contribution in [0, 0.1) is 0 Å². The summed E-state index contributed by atoms with van der Waals surface area (Å²) in [7, 11) is 0. The van der Waals surface area contributed by atoms with E-state index >= 15 is 0 Å². The third-order valence-electron chi connectivity index (χ3n) is 8.34. The molecule has 1 fully saturated rings. The van der Waals surface area contributed by atoms with E-state index in [1.807, 2.05) is 42.5 Å². The minimum Gasteiger partial charge on any atom is -0.508 e. The van der Waals surface area contributed by atoms with Crippen molar-refractivity contribution in [3.05, 3.63) is 95.6 Å². The second-order valence-electron chi connectivity index (χ2n) is 10.8. The highest BCUT2D eigenvalue weighted by molar-refractivity contribution is 5.94. The van der Waals surface area contributed by atoms with Crippen molar-refractivity contribution >= 4 is 11.6 Å². The van der Waals surface area contributed by atoms with E-state index in [0.717, 1.165) is 64.8 Å². The lowest BCUT2D eigenvalue weighted by molar-refractivity contribution is -0.00121. The molecule has 1 amide bonds. The SMILES string of the molecule is CCCC(N1CCN(c2ccccc2)CC1)N(CCNC(=O)c1ccccc1)C1CCc2ccc(O)cc2C1. The van der Waals surface area contributed by atoms with Crippen molar-refractivity contribution in [2.45, 2.75) is 51.2 Å². The van der Waals surface area contributed by atoms with Gasteiger partial charge in [-0.1, -0.05) is 55.8 Å². The van der Waals surface area contributed by atoms with Crippen molar-refractivity contribution in [3.63, 3.8) is 0 Å². The summed E-state index contributed by atoms with van der Waals surface area (Å²) in [5, 5.41) is 13.3. The molecule has 0 saturated carbocycles. The van der Waals surface area contributed by atoms with Gasteiger partial charge in [-0.2, -0.15) is 0 Å².